The summed E-state index contributed by atoms with van der Waals surface area (Å²) in [5.74, 6) is 2.60. The van der Waals surface area contributed by atoms with Crippen LogP contribution in [0, 0.1) is 5.92 Å². The molecule has 0 aliphatic heterocycles. The summed E-state index contributed by atoms with van der Waals surface area (Å²) < 4.78 is 5.36. The Hall–Kier alpha value is -0.870. The normalized spacial score (nSPS) is 12.4. The predicted molar refractivity (Wildman–Crippen MR) is 78.5 cm³/mol. The summed E-state index contributed by atoms with van der Waals surface area (Å²) in [6.45, 7) is 6.33. The first kappa shape index (κ1) is 15.2. The second-order valence-corrected chi connectivity index (χ2v) is 5.30. The average Bonchev–Trinajstić information content (AvgIpc) is 2.34. The molecule has 102 valence electrons. The highest BCUT2D eigenvalue weighted by Crippen LogP contribution is 2.29. The van der Waals surface area contributed by atoms with E-state index >= 15 is 0 Å². The molecule has 0 bridgehead atoms. The second kappa shape index (κ2) is 8.27. The lowest BCUT2D eigenvalue weighted by Gasteiger charge is -2.13. The van der Waals surface area contributed by atoms with Crippen molar-refractivity contribution in [2.45, 2.75) is 20.4 Å². The molecule has 2 N–H and O–H groups in total. The smallest absolute Gasteiger partial charge is 0.162 e. The maximum absolute atomic E-state index is 10.0. The Balaban J connectivity index is 2.49. The van der Waals surface area contributed by atoms with Crippen LogP contribution in [-0.4, -0.2) is 30.3 Å². The summed E-state index contributed by atoms with van der Waals surface area (Å²) in [7, 11) is 0. The minimum Gasteiger partial charge on any atom is -0.504 e. The Bertz CT molecular complexity index is 358. The van der Waals surface area contributed by atoms with E-state index in [0.29, 0.717) is 24.8 Å². The first-order valence-electron chi connectivity index (χ1n) is 6.32. The van der Waals surface area contributed by atoms with E-state index in [-0.39, 0.29) is 5.75 Å². The first-order chi connectivity index (χ1) is 8.69. The molecule has 4 heteroatoms. The molecule has 0 spiro atoms. The number of thioether (sulfide) groups is 1. The van der Waals surface area contributed by atoms with Crippen LogP contribution in [0.2, 0.25) is 0 Å². The van der Waals surface area contributed by atoms with Gasteiger partial charge in [-0.2, -0.15) is 11.8 Å². The molecule has 3 nitrogen and oxygen atoms in total. The molecule has 0 saturated heterocycles. The van der Waals surface area contributed by atoms with Crippen LogP contribution in [0.3, 0.4) is 0 Å². The van der Waals surface area contributed by atoms with Crippen molar-refractivity contribution in [3.05, 3.63) is 23.8 Å². The number of rotatable bonds is 8. The van der Waals surface area contributed by atoms with Crippen molar-refractivity contribution in [2.75, 3.05) is 25.2 Å². The fourth-order valence-corrected chi connectivity index (χ4v) is 2.47. The Kier molecular flexibility index (Phi) is 6.98. The van der Waals surface area contributed by atoms with E-state index < -0.39 is 0 Å². The van der Waals surface area contributed by atoms with Crippen molar-refractivity contribution in [1.82, 2.24) is 5.32 Å². The van der Waals surface area contributed by atoms with Gasteiger partial charge in [-0.05, 0) is 37.5 Å². The summed E-state index contributed by atoms with van der Waals surface area (Å²) >= 11 is 1.86. The molecule has 1 rings (SSSR count). The van der Waals surface area contributed by atoms with E-state index in [1.807, 2.05) is 30.8 Å². The molecule has 0 fully saturated rings. The largest absolute Gasteiger partial charge is 0.504 e. The van der Waals surface area contributed by atoms with E-state index in [0.717, 1.165) is 17.9 Å². The fraction of sp³-hybridized carbons (Fsp3) is 0.571. The molecule has 1 atom stereocenters. The van der Waals surface area contributed by atoms with Crippen molar-refractivity contribution >= 4 is 11.8 Å². The van der Waals surface area contributed by atoms with Gasteiger partial charge >= 0.3 is 0 Å². The maximum Gasteiger partial charge on any atom is 0.162 e. The molecule has 18 heavy (non-hydrogen) atoms. The molecule has 0 aliphatic carbocycles. The summed E-state index contributed by atoms with van der Waals surface area (Å²) in [6.07, 6.45) is 2.12. The minimum absolute atomic E-state index is 0.254. The third kappa shape index (κ3) is 4.78. The Morgan fingerprint density at radius 2 is 2.22 bits per heavy atom. The van der Waals surface area contributed by atoms with Crippen molar-refractivity contribution in [3.63, 3.8) is 0 Å². The maximum atomic E-state index is 10.0. The Morgan fingerprint density at radius 1 is 1.44 bits per heavy atom. The molecule has 1 aromatic carbocycles. The number of hydrogen-bond acceptors (Lipinski definition) is 4. The number of phenols is 1. The van der Waals surface area contributed by atoms with E-state index in [9.17, 15) is 5.11 Å². The highest BCUT2D eigenvalue weighted by Gasteiger charge is 2.08. The zero-order chi connectivity index (χ0) is 13.4. The van der Waals surface area contributed by atoms with Crippen LogP contribution in [0.15, 0.2) is 18.2 Å². The highest BCUT2D eigenvalue weighted by molar-refractivity contribution is 7.98. The zero-order valence-electron chi connectivity index (χ0n) is 11.4. The molecular weight excluding hydrogens is 246 g/mol. The molecular formula is C14H23NO2S. The lowest BCUT2D eigenvalue weighted by Crippen LogP contribution is -2.22. The second-order valence-electron chi connectivity index (χ2n) is 4.39. The summed E-state index contributed by atoms with van der Waals surface area (Å²) in [6, 6.07) is 5.62. The van der Waals surface area contributed by atoms with Crippen LogP contribution in [-0.2, 0) is 6.54 Å². The monoisotopic (exact) mass is 269 g/mol. The lowest BCUT2D eigenvalue weighted by molar-refractivity contribution is 0.316. The SMILES string of the molecule is CCOc1cccc(CNCC(C)CSC)c1O. The van der Waals surface area contributed by atoms with Gasteiger partial charge in [-0.1, -0.05) is 19.1 Å². The number of hydrogen-bond donors (Lipinski definition) is 2. The van der Waals surface area contributed by atoms with Gasteiger partial charge in [0.05, 0.1) is 6.61 Å². The van der Waals surface area contributed by atoms with Gasteiger partial charge in [-0.3, -0.25) is 0 Å². The average molecular weight is 269 g/mol. The van der Waals surface area contributed by atoms with Gasteiger partial charge in [0.2, 0.25) is 0 Å². The van der Waals surface area contributed by atoms with Gasteiger partial charge in [0, 0.05) is 12.1 Å². The third-order valence-electron chi connectivity index (χ3n) is 2.64. The van der Waals surface area contributed by atoms with E-state index in [4.69, 9.17) is 4.74 Å². The van der Waals surface area contributed by atoms with Gasteiger partial charge in [-0.15, -0.1) is 0 Å². The van der Waals surface area contributed by atoms with Crippen LogP contribution in [0.4, 0.5) is 0 Å². The van der Waals surface area contributed by atoms with Gasteiger partial charge in [0.25, 0.3) is 0 Å². The molecule has 1 unspecified atom stereocenters. The fourth-order valence-electron chi connectivity index (χ4n) is 1.78. The van der Waals surface area contributed by atoms with Crippen LogP contribution in [0.5, 0.6) is 11.5 Å². The van der Waals surface area contributed by atoms with E-state index in [1.165, 1.54) is 0 Å². The lowest BCUT2D eigenvalue weighted by atomic mass is 10.1. The van der Waals surface area contributed by atoms with Crippen LogP contribution < -0.4 is 10.1 Å². The number of benzene rings is 1. The van der Waals surface area contributed by atoms with Crippen LogP contribution in [0.1, 0.15) is 19.4 Å². The molecule has 1 aromatic rings. The van der Waals surface area contributed by atoms with Gasteiger partial charge in [-0.25, -0.2) is 0 Å². The molecule has 0 aromatic heterocycles. The van der Waals surface area contributed by atoms with Gasteiger partial charge in [0.15, 0.2) is 11.5 Å². The van der Waals surface area contributed by atoms with E-state index in [1.54, 1.807) is 6.07 Å². The predicted octanol–water partition coefficient (Wildman–Crippen LogP) is 2.88. The standard InChI is InChI=1S/C14H23NO2S/c1-4-17-13-7-5-6-12(14(13)16)9-15-8-11(2)10-18-3/h5-7,11,15-16H,4,8-10H2,1-3H3. The van der Waals surface area contributed by atoms with Crippen molar-refractivity contribution in [2.24, 2.45) is 5.92 Å². The van der Waals surface area contributed by atoms with Crippen molar-refractivity contribution in [1.29, 1.82) is 0 Å². The minimum atomic E-state index is 0.254. The molecule has 0 radical (unpaired) electrons. The van der Waals surface area contributed by atoms with Crippen LogP contribution >= 0.6 is 11.8 Å². The topological polar surface area (TPSA) is 41.5 Å². The van der Waals surface area contributed by atoms with Gasteiger partial charge in [0.1, 0.15) is 0 Å². The first-order valence-corrected chi connectivity index (χ1v) is 7.71. The summed E-state index contributed by atoms with van der Waals surface area (Å²) in [5.41, 5.74) is 0.886. The van der Waals surface area contributed by atoms with Crippen molar-refractivity contribution < 1.29 is 9.84 Å². The molecule has 0 heterocycles. The summed E-state index contributed by atoms with van der Waals surface area (Å²) in [5, 5.41) is 13.4. The zero-order valence-corrected chi connectivity index (χ0v) is 12.2. The Morgan fingerprint density at radius 3 is 2.89 bits per heavy atom. The number of ether oxygens (including phenoxy) is 1. The Labute approximate surface area is 114 Å². The number of aromatic hydroxyl groups is 1. The molecule has 0 amide bonds. The quantitative estimate of drug-likeness (QED) is 0.761. The number of phenolic OH excluding ortho intramolecular Hbond substituents is 1. The summed E-state index contributed by atoms with van der Waals surface area (Å²) in [4.78, 5) is 0. The van der Waals surface area contributed by atoms with Crippen LogP contribution in [0.25, 0.3) is 0 Å². The highest BCUT2D eigenvalue weighted by atomic mass is 32.2. The number of nitrogens with one attached hydrogen (secondary N) is 1. The molecule has 0 aliphatic rings. The van der Waals surface area contributed by atoms with Gasteiger partial charge < -0.3 is 15.2 Å². The van der Waals surface area contributed by atoms with Crippen molar-refractivity contribution in [3.8, 4) is 11.5 Å². The molecule has 0 saturated carbocycles. The van der Waals surface area contributed by atoms with E-state index in [2.05, 4.69) is 18.5 Å². The number of para-hydroxylation sites is 1. The third-order valence-corrected chi connectivity index (χ3v) is 3.54.